The molecule has 0 radical (unpaired) electrons. The molecule has 0 saturated carbocycles. The second-order valence-electron chi connectivity index (χ2n) is 10.4. The van der Waals surface area contributed by atoms with Crippen LogP contribution in [0.5, 0.6) is 11.5 Å². The third-order valence-electron chi connectivity index (χ3n) is 7.36. The zero-order valence-electron chi connectivity index (χ0n) is 24.0. The Morgan fingerprint density at radius 3 is 2.66 bits per heavy atom. The first-order chi connectivity index (χ1) is 21.4. The van der Waals surface area contributed by atoms with Gasteiger partial charge in [0.1, 0.15) is 36.1 Å². The highest BCUT2D eigenvalue weighted by Crippen LogP contribution is 2.35. The monoisotopic (exact) mass is 619 g/mol. The van der Waals surface area contributed by atoms with Crippen molar-refractivity contribution in [2.75, 3.05) is 50.6 Å². The van der Waals surface area contributed by atoms with Gasteiger partial charge in [-0.15, -0.1) is 0 Å². The number of rotatable bonds is 10. The molecule has 0 bridgehead atoms. The van der Waals surface area contributed by atoms with E-state index >= 15 is 0 Å². The lowest BCUT2D eigenvalue weighted by molar-refractivity contribution is -0.116. The topological polar surface area (TPSA) is 107 Å². The summed E-state index contributed by atoms with van der Waals surface area (Å²) >= 11 is 6.49. The Balaban J connectivity index is 1.13. The molecule has 0 aliphatic carbocycles. The van der Waals surface area contributed by atoms with Gasteiger partial charge in [0.25, 0.3) is 0 Å². The Labute approximate surface area is 258 Å². The first-order valence-electron chi connectivity index (χ1n) is 14.1. The lowest BCUT2D eigenvalue weighted by Crippen LogP contribution is -2.36. The van der Waals surface area contributed by atoms with Crippen LogP contribution >= 0.6 is 11.6 Å². The van der Waals surface area contributed by atoms with E-state index in [1.165, 1.54) is 31.6 Å². The third kappa shape index (κ3) is 7.08. The van der Waals surface area contributed by atoms with Crippen molar-refractivity contribution in [2.45, 2.75) is 18.8 Å². The van der Waals surface area contributed by atoms with Crippen LogP contribution in [0.3, 0.4) is 0 Å². The van der Waals surface area contributed by atoms with E-state index in [2.05, 4.69) is 25.5 Å². The summed E-state index contributed by atoms with van der Waals surface area (Å²) in [6, 6.07) is 14.9. The van der Waals surface area contributed by atoms with Crippen molar-refractivity contribution in [2.24, 2.45) is 0 Å². The first kappa shape index (κ1) is 29.8. The Morgan fingerprint density at radius 1 is 1.09 bits per heavy atom. The normalized spacial score (nSPS) is 18.3. The number of amides is 1. The molecule has 2 aliphatic heterocycles. The van der Waals surface area contributed by atoms with Gasteiger partial charge in [0, 0.05) is 42.9 Å². The van der Waals surface area contributed by atoms with Crippen molar-refractivity contribution in [3.63, 3.8) is 0 Å². The summed E-state index contributed by atoms with van der Waals surface area (Å²) in [5.74, 6) is 0.810. The van der Waals surface area contributed by atoms with Crippen molar-refractivity contribution < 1.29 is 28.1 Å². The summed E-state index contributed by atoms with van der Waals surface area (Å²) in [5, 5.41) is 7.21. The van der Waals surface area contributed by atoms with Gasteiger partial charge in [-0.25, -0.2) is 14.4 Å². The van der Waals surface area contributed by atoms with E-state index < -0.39 is 0 Å². The molecule has 4 aromatic rings. The second kappa shape index (κ2) is 13.6. The van der Waals surface area contributed by atoms with Gasteiger partial charge in [-0.05, 0) is 42.0 Å². The molecule has 2 fully saturated rings. The van der Waals surface area contributed by atoms with Crippen LogP contribution in [0.1, 0.15) is 5.56 Å². The van der Waals surface area contributed by atoms with E-state index in [0.29, 0.717) is 69.9 Å². The number of anilines is 3. The standard InChI is InChI=1S/C32H31ClFN5O5/c1-41-28-15-25-23(14-26(28)38-31(40)6-3-9-39-16-29-30(17-39)43-11-10-42-29)32(36-19-35-25)37-22-7-8-27(24(33)13-22)44-18-20-4-2-5-21(34)12-20/h2-8,12-15,19,29-30H,9-11,16-18H2,1H3,(H,38,40)(H,35,36,37)/t29-,30+. The molecular formula is C32H31ClFN5O5. The van der Waals surface area contributed by atoms with E-state index in [1.54, 1.807) is 42.5 Å². The Bertz CT molecular complexity index is 1670. The summed E-state index contributed by atoms with van der Waals surface area (Å²) in [4.78, 5) is 23.8. The average Bonchev–Trinajstić information content (AvgIpc) is 3.43. The maximum Gasteiger partial charge on any atom is 0.248 e. The number of fused-ring (bicyclic) bond motifs is 2. The van der Waals surface area contributed by atoms with Gasteiger partial charge in [0.15, 0.2) is 0 Å². The largest absolute Gasteiger partial charge is 0.494 e. The molecule has 2 aliphatic rings. The van der Waals surface area contributed by atoms with Crippen LogP contribution < -0.4 is 20.1 Å². The summed E-state index contributed by atoms with van der Waals surface area (Å²) in [6.07, 6.45) is 4.95. The molecule has 2 saturated heterocycles. The maximum atomic E-state index is 13.5. The molecular weight excluding hydrogens is 589 g/mol. The summed E-state index contributed by atoms with van der Waals surface area (Å²) in [6.45, 7) is 3.59. The molecule has 6 rings (SSSR count). The Hall–Kier alpha value is -4.29. The van der Waals surface area contributed by atoms with Crippen LogP contribution in [0.2, 0.25) is 5.02 Å². The van der Waals surface area contributed by atoms with Crippen molar-refractivity contribution in [3.8, 4) is 11.5 Å². The summed E-state index contributed by atoms with van der Waals surface area (Å²) in [5.41, 5.74) is 2.45. The molecule has 3 aromatic carbocycles. The second-order valence-corrected chi connectivity index (χ2v) is 10.8. The fourth-order valence-corrected chi connectivity index (χ4v) is 5.48. The highest BCUT2D eigenvalue weighted by Gasteiger charge is 2.35. The van der Waals surface area contributed by atoms with Gasteiger partial charge in [-0.3, -0.25) is 9.69 Å². The number of nitrogens with zero attached hydrogens (tertiary/aromatic N) is 3. The predicted octanol–water partition coefficient (Wildman–Crippen LogP) is 5.35. The van der Waals surface area contributed by atoms with Crippen LogP contribution in [0.4, 0.5) is 21.6 Å². The first-order valence-corrected chi connectivity index (χ1v) is 14.5. The number of ether oxygens (including phenoxy) is 4. The number of carbonyl (C=O) groups is 1. The Kier molecular flexibility index (Phi) is 9.17. The minimum atomic E-state index is -0.327. The SMILES string of the molecule is COc1cc2ncnc(Nc3ccc(OCc4cccc(F)c4)c(Cl)c3)c2cc1NC(=O)C=CCN1C[C@@H]2OCCO[C@@H]2C1. The number of benzene rings is 3. The van der Waals surface area contributed by atoms with E-state index in [9.17, 15) is 9.18 Å². The quantitative estimate of drug-likeness (QED) is 0.227. The Morgan fingerprint density at radius 2 is 1.91 bits per heavy atom. The predicted molar refractivity (Wildman–Crippen MR) is 165 cm³/mol. The average molecular weight is 620 g/mol. The zero-order chi connectivity index (χ0) is 30.5. The van der Waals surface area contributed by atoms with Gasteiger partial charge in [0.2, 0.25) is 5.91 Å². The lowest BCUT2D eigenvalue weighted by Gasteiger charge is -2.24. The minimum absolute atomic E-state index is 0.0897. The van der Waals surface area contributed by atoms with Gasteiger partial charge in [-0.2, -0.15) is 0 Å². The van der Waals surface area contributed by atoms with Gasteiger partial charge >= 0.3 is 0 Å². The van der Waals surface area contributed by atoms with Crippen LogP contribution in [-0.4, -0.2) is 72.9 Å². The van der Waals surface area contributed by atoms with Gasteiger partial charge < -0.3 is 29.6 Å². The fourth-order valence-electron chi connectivity index (χ4n) is 5.24. The number of aromatic nitrogens is 2. The number of methoxy groups -OCH3 is 1. The molecule has 2 atom stereocenters. The van der Waals surface area contributed by atoms with Crippen molar-refractivity contribution in [1.29, 1.82) is 0 Å². The van der Waals surface area contributed by atoms with Crippen LogP contribution in [0, 0.1) is 5.82 Å². The number of halogens is 2. The fraction of sp³-hybridized carbons (Fsp3) is 0.281. The molecule has 1 aromatic heterocycles. The van der Waals surface area contributed by atoms with E-state index in [-0.39, 0.29) is 30.5 Å². The van der Waals surface area contributed by atoms with Gasteiger partial charge in [-0.1, -0.05) is 29.8 Å². The molecule has 3 heterocycles. The van der Waals surface area contributed by atoms with Crippen LogP contribution in [-0.2, 0) is 20.9 Å². The summed E-state index contributed by atoms with van der Waals surface area (Å²) in [7, 11) is 1.53. The number of hydrogen-bond donors (Lipinski definition) is 2. The number of carbonyl (C=O) groups excluding carboxylic acids is 1. The van der Waals surface area contributed by atoms with E-state index in [1.807, 2.05) is 6.08 Å². The number of likely N-dealkylation sites (tertiary alicyclic amines) is 1. The van der Waals surface area contributed by atoms with Crippen molar-refractivity contribution in [1.82, 2.24) is 14.9 Å². The highest BCUT2D eigenvalue weighted by molar-refractivity contribution is 6.32. The minimum Gasteiger partial charge on any atom is -0.494 e. The molecule has 228 valence electrons. The zero-order valence-corrected chi connectivity index (χ0v) is 24.7. The van der Waals surface area contributed by atoms with Gasteiger partial charge in [0.05, 0.1) is 48.8 Å². The van der Waals surface area contributed by atoms with Crippen molar-refractivity contribution in [3.05, 3.63) is 89.5 Å². The maximum absolute atomic E-state index is 13.5. The molecule has 2 N–H and O–H groups in total. The molecule has 12 heteroatoms. The summed E-state index contributed by atoms with van der Waals surface area (Å²) < 4.78 is 36.3. The molecule has 10 nitrogen and oxygen atoms in total. The molecule has 1 amide bonds. The molecule has 44 heavy (non-hydrogen) atoms. The van der Waals surface area contributed by atoms with Crippen LogP contribution in [0.25, 0.3) is 10.9 Å². The van der Waals surface area contributed by atoms with Crippen LogP contribution in [0.15, 0.2) is 73.1 Å². The third-order valence-corrected chi connectivity index (χ3v) is 7.66. The molecule has 0 unspecified atom stereocenters. The number of nitrogens with one attached hydrogen (secondary N) is 2. The number of hydrogen-bond acceptors (Lipinski definition) is 9. The van der Waals surface area contributed by atoms with E-state index in [4.69, 9.17) is 30.5 Å². The highest BCUT2D eigenvalue weighted by atomic mass is 35.5. The van der Waals surface area contributed by atoms with Crippen molar-refractivity contribution >= 4 is 45.6 Å². The smallest absolute Gasteiger partial charge is 0.248 e. The lowest BCUT2D eigenvalue weighted by atomic mass is 10.1. The molecule has 0 spiro atoms. The van der Waals surface area contributed by atoms with E-state index in [0.717, 1.165) is 13.1 Å².